The number of carbonyl (C=O) groups excluding carboxylic acids is 3. The number of amides is 1. The van der Waals surface area contributed by atoms with Crippen molar-refractivity contribution >= 4 is 37.9 Å². The second kappa shape index (κ2) is 13.4. The highest BCUT2D eigenvalue weighted by Crippen LogP contribution is 2.41. The fourth-order valence-electron chi connectivity index (χ4n) is 4.78. The average molecular weight is 644 g/mol. The smallest absolute Gasteiger partial charge is 0.414 e. The minimum atomic E-state index is -2.48. The molecule has 2 heterocycles. The van der Waals surface area contributed by atoms with Crippen molar-refractivity contribution in [2.45, 2.75) is 130 Å². The van der Waals surface area contributed by atoms with Gasteiger partial charge in [-0.25, -0.2) is 9.59 Å². The number of esters is 1. The van der Waals surface area contributed by atoms with Crippen LogP contribution in [0.25, 0.3) is 6.08 Å². The van der Waals surface area contributed by atoms with Gasteiger partial charge in [-0.3, -0.25) is 9.69 Å². The summed E-state index contributed by atoms with van der Waals surface area (Å²) in [6, 6.07) is 3.52. The van der Waals surface area contributed by atoms with E-state index in [-0.39, 0.29) is 22.3 Å². The molecule has 1 saturated heterocycles. The van der Waals surface area contributed by atoms with Gasteiger partial charge in [0.15, 0.2) is 11.6 Å². The Morgan fingerprint density at radius 1 is 1.04 bits per heavy atom. The number of cyclic esters (lactones) is 1. The topological polar surface area (TPSA) is 101 Å². The predicted octanol–water partition coefficient (Wildman–Crippen LogP) is 8.08. The Morgan fingerprint density at radius 3 is 2.27 bits per heavy atom. The molecule has 3 rings (SSSR count). The Hall–Kier alpha value is -2.95. The van der Waals surface area contributed by atoms with Gasteiger partial charge in [0.25, 0.3) is 8.32 Å². The van der Waals surface area contributed by atoms with E-state index in [0.717, 1.165) is 0 Å². The molecule has 250 valence electrons. The summed E-state index contributed by atoms with van der Waals surface area (Å²) in [5.74, 6) is -1.60. The maximum atomic E-state index is 14.0. The minimum absolute atomic E-state index is 0.173. The van der Waals surface area contributed by atoms with Crippen molar-refractivity contribution in [1.82, 2.24) is 0 Å². The van der Waals surface area contributed by atoms with Gasteiger partial charge < -0.3 is 23.4 Å². The normalized spacial score (nSPS) is 25.0. The summed E-state index contributed by atoms with van der Waals surface area (Å²) in [6.07, 6.45) is 4.87. The van der Waals surface area contributed by atoms with E-state index >= 15 is 0 Å². The first kappa shape index (κ1) is 36.5. The molecule has 4 atom stereocenters. The summed E-state index contributed by atoms with van der Waals surface area (Å²) in [5, 5.41) is -0.173. The molecule has 2 unspecified atom stereocenters. The first-order chi connectivity index (χ1) is 20.5. The van der Waals surface area contributed by atoms with Crippen LogP contribution in [0.1, 0.15) is 98.5 Å². The van der Waals surface area contributed by atoms with Crippen LogP contribution in [-0.4, -0.2) is 62.4 Å². The Labute approximate surface area is 270 Å². The molecule has 45 heavy (non-hydrogen) atoms. The molecule has 0 radical (unpaired) electrons. The molecule has 1 amide bonds. The van der Waals surface area contributed by atoms with Gasteiger partial charge in [0.2, 0.25) is 0 Å². The zero-order valence-corrected chi connectivity index (χ0v) is 30.4. The van der Waals surface area contributed by atoms with Crippen LogP contribution in [0, 0.1) is 5.92 Å². The van der Waals surface area contributed by atoms with Crippen molar-refractivity contribution in [3.63, 3.8) is 0 Å². The number of hydrogen-bond acceptors (Lipinski definition) is 8. The van der Waals surface area contributed by atoms with Crippen LogP contribution in [0.3, 0.4) is 0 Å². The molecule has 0 spiro atoms. The van der Waals surface area contributed by atoms with Crippen LogP contribution < -0.4 is 9.33 Å². The second-order valence-electron chi connectivity index (χ2n) is 15.0. The molecule has 1 fully saturated rings. The number of rotatable bonds is 4. The van der Waals surface area contributed by atoms with Crippen LogP contribution in [0.2, 0.25) is 18.1 Å². The molecule has 2 aliphatic heterocycles. The van der Waals surface area contributed by atoms with Crippen molar-refractivity contribution < 1.29 is 37.8 Å². The molecule has 1 aromatic carbocycles. The molecule has 0 bridgehead atoms. The van der Waals surface area contributed by atoms with Gasteiger partial charge in [-0.15, -0.1) is 0 Å². The average Bonchev–Trinajstić information content (AvgIpc) is 3.19. The fraction of sp³-hybridized carbons (Fsp3) is 0.629. The van der Waals surface area contributed by atoms with E-state index in [2.05, 4.69) is 33.9 Å². The highest BCUT2D eigenvalue weighted by Gasteiger charge is 2.44. The second-order valence-corrected chi connectivity index (χ2v) is 19.7. The van der Waals surface area contributed by atoms with Crippen LogP contribution in [0.4, 0.5) is 10.5 Å². The lowest BCUT2D eigenvalue weighted by Gasteiger charge is -2.37. The number of hydrogen-bond donors (Lipinski definition) is 0. The Balaban J connectivity index is 2.26. The minimum Gasteiger partial charge on any atom is -0.543 e. The molecular weight excluding hydrogens is 590 g/mol. The lowest BCUT2D eigenvalue weighted by atomic mass is 9.99. The van der Waals surface area contributed by atoms with Gasteiger partial charge in [-0.05, 0) is 90.7 Å². The van der Waals surface area contributed by atoms with E-state index in [1.54, 1.807) is 45.1 Å². The first-order valence-corrected chi connectivity index (χ1v) is 18.8. The number of nitrogens with zero attached hydrogens (tertiary/aromatic N) is 1. The van der Waals surface area contributed by atoms with Crippen LogP contribution in [0.5, 0.6) is 5.75 Å². The van der Waals surface area contributed by atoms with Crippen LogP contribution in [0.15, 0.2) is 30.4 Å². The van der Waals surface area contributed by atoms with E-state index in [0.29, 0.717) is 30.0 Å². The Kier molecular flexibility index (Phi) is 10.9. The van der Waals surface area contributed by atoms with Crippen molar-refractivity contribution in [1.29, 1.82) is 0 Å². The third-order valence-corrected chi connectivity index (χ3v) is 12.8. The highest BCUT2D eigenvalue weighted by atomic mass is 28.4. The summed E-state index contributed by atoms with van der Waals surface area (Å²) < 4.78 is 30.7. The van der Waals surface area contributed by atoms with E-state index in [4.69, 9.17) is 23.4 Å². The van der Waals surface area contributed by atoms with Gasteiger partial charge in [-0.2, -0.15) is 0 Å². The number of ketones is 1. The number of anilines is 1. The zero-order valence-electron chi connectivity index (χ0n) is 29.4. The van der Waals surface area contributed by atoms with Gasteiger partial charge in [-0.1, -0.05) is 45.9 Å². The summed E-state index contributed by atoms with van der Waals surface area (Å²) >= 11 is 0. The number of fused-ring (bicyclic) bond motifs is 2. The monoisotopic (exact) mass is 643 g/mol. The molecule has 0 aliphatic carbocycles. The third kappa shape index (κ3) is 9.07. The standard InChI is InChI=1S/C35H53NO8Si/c1-14-36(32(39)43-33(4,5)6)25-20-24-16-15-17-27-30(42-35(10,11)41-27)26(37)19-18-22(2)23(3)40-31(38)29(24)28(21-25)44-45(12,13)34(7,8)9/h15-16,18-23,27,30H,14,17H2,1-13H3/b16-15?,19-18-/t22-,23?,27?,30-/m1/s1. The zero-order chi connectivity index (χ0) is 34.1. The highest BCUT2D eigenvalue weighted by molar-refractivity contribution is 6.74. The van der Waals surface area contributed by atoms with Crippen LogP contribution in [-0.2, 0) is 23.7 Å². The van der Waals surface area contributed by atoms with E-state index in [1.165, 1.54) is 11.0 Å². The maximum Gasteiger partial charge on any atom is 0.414 e. The van der Waals surface area contributed by atoms with Gasteiger partial charge in [0, 0.05) is 18.5 Å². The third-order valence-electron chi connectivity index (χ3n) is 8.46. The van der Waals surface area contributed by atoms with Crippen molar-refractivity contribution in [3.8, 4) is 5.75 Å². The van der Waals surface area contributed by atoms with Gasteiger partial charge in [0.1, 0.15) is 29.1 Å². The van der Waals surface area contributed by atoms with Crippen LogP contribution >= 0.6 is 0 Å². The lowest BCUT2D eigenvalue weighted by Crippen LogP contribution is -2.44. The Bertz CT molecular complexity index is 1330. The van der Waals surface area contributed by atoms with Crippen molar-refractivity contribution in [2.75, 3.05) is 11.4 Å². The summed E-state index contributed by atoms with van der Waals surface area (Å²) in [4.78, 5) is 42.1. The van der Waals surface area contributed by atoms with Gasteiger partial charge in [0.05, 0.1) is 11.8 Å². The maximum absolute atomic E-state index is 14.0. The number of carbonyl (C=O) groups is 3. The molecular formula is C35H53NO8Si. The van der Waals surface area contributed by atoms with E-state index < -0.39 is 50.1 Å². The van der Waals surface area contributed by atoms with E-state index in [9.17, 15) is 14.4 Å². The largest absolute Gasteiger partial charge is 0.543 e. The molecule has 0 aromatic heterocycles. The fourth-order valence-corrected chi connectivity index (χ4v) is 5.80. The lowest BCUT2D eigenvalue weighted by molar-refractivity contribution is -0.152. The number of ether oxygens (including phenoxy) is 4. The summed E-state index contributed by atoms with van der Waals surface area (Å²) in [7, 11) is -2.48. The molecule has 9 nitrogen and oxygen atoms in total. The van der Waals surface area contributed by atoms with Gasteiger partial charge >= 0.3 is 12.1 Å². The number of benzene rings is 1. The molecule has 0 N–H and O–H groups in total. The molecule has 2 aliphatic rings. The van der Waals surface area contributed by atoms with E-state index in [1.807, 2.05) is 40.7 Å². The molecule has 10 heteroatoms. The quantitative estimate of drug-likeness (QED) is 0.240. The predicted molar refractivity (Wildman–Crippen MR) is 179 cm³/mol. The summed E-state index contributed by atoms with van der Waals surface area (Å²) in [6.45, 7) is 25.5. The SMILES string of the molecule is CCN(C(=O)OC(C)(C)C)c1cc2c(c(O[Si](C)(C)C(C)(C)C)c1)C(=O)OC(C)[C@H](C)/C=C\C(=O)[C@H]1OC(C)(C)OC1CC=C2. The molecule has 0 saturated carbocycles. The summed E-state index contributed by atoms with van der Waals surface area (Å²) in [5.41, 5.74) is 0.615. The van der Waals surface area contributed by atoms with Crippen molar-refractivity contribution in [2.24, 2.45) is 5.92 Å². The first-order valence-electron chi connectivity index (χ1n) is 15.9. The Morgan fingerprint density at radius 2 is 1.69 bits per heavy atom. The molecule has 1 aromatic rings. The van der Waals surface area contributed by atoms with Crippen molar-refractivity contribution in [3.05, 3.63) is 41.5 Å².